The van der Waals surface area contributed by atoms with E-state index in [1.807, 2.05) is 6.07 Å². The highest BCUT2D eigenvalue weighted by Gasteiger charge is 2.16. The Kier molecular flexibility index (Phi) is 6.17. The van der Waals surface area contributed by atoms with E-state index in [0.717, 1.165) is 0 Å². The summed E-state index contributed by atoms with van der Waals surface area (Å²) in [6, 6.07) is 8.15. The molecule has 0 saturated heterocycles. The van der Waals surface area contributed by atoms with Crippen molar-refractivity contribution in [3.8, 4) is 6.07 Å². The second kappa shape index (κ2) is 7.87. The van der Waals surface area contributed by atoms with E-state index < -0.39 is 12.1 Å². The molecule has 7 nitrogen and oxygen atoms in total. The Morgan fingerprint density at radius 1 is 1.43 bits per heavy atom. The average Bonchev–Trinajstić information content (AvgIpc) is 2.50. The van der Waals surface area contributed by atoms with E-state index in [2.05, 4.69) is 5.32 Å². The van der Waals surface area contributed by atoms with Gasteiger partial charge < -0.3 is 15.2 Å². The molecular formula is C14H17N3O4. The van der Waals surface area contributed by atoms with Gasteiger partial charge in [-0.1, -0.05) is 0 Å². The topological polar surface area (TPSA) is 103 Å². The van der Waals surface area contributed by atoms with Gasteiger partial charge in [-0.3, -0.25) is 9.69 Å². The summed E-state index contributed by atoms with van der Waals surface area (Å²) in [4.78, 5) is 23.9. The maximum atomic E-state index is 12.0. The Bertz CT molecular complexity index is 536. The normalized spacial score (nSPS) is 11.3. The van der Waals surface area contributed by atoms with Gasteiger partial charge in [0.1, 0.15) is 0 Å². The first kappa shape index (κ1) is 16.5. The summed E-state index contributed by atoms with van der Waals surface area (Å²) in [7, 11) is 2.97. The van der Waals surface area contributed by atoms with Gasteiger partial charge in [-0.2, -0.15) is 5.26 Å². The molecule has 0 aromatic heterocycles. The second-order valence-corrected chi connectivity index (χ2v) is 4.36. The van der Waals surface area contributed by atoms with Crippen molar-refractivity contribution in [2.75, 3.05) is 25.6 Å². The number of nitrogens with zero attached hydrogens (tertiary/aromatic N) is 2. The summed E-state index contributed by atoms with van der Waals surface area (Å²) in [5, 5.41) is 20.0. The number of hydrogen-bond acceptors (Lipinski definition) is 4. The zero-order chi connectivity index (χ0) is 15.8. The van der Waals surface area contributed by atoms with Crippen LogP contribution in [-0.2, 0) is 9.53 Å². The molecule has 112 valence electrons. The minimum atomic E-state index is -0.989. The van der Waals surface area contributed by atoms with E-state index in [9.17, 15) is 9.59 Å². The van der Waals surface area contributed by atoms with E-state index in [0.29, 0.717) is 11.3 Å². The van der Waals surface area contributed by atoms with Crippen LogP contribution in [0.3, 0.4) is 0 Å². The SMILES string of the molecule is COC(CNC(=O)N(C)c1ccc(C#N)cc1)CC(=O)O. The second-order valence-electron chi connectivity index (χ2n) is 4.36. The molecule has 0 radical (unpaired) electrons. The number of nitrogens with one attached hydrogen (secondary N) is 1. The molecule has 2 amide bonds. The Balaban J connectivity index is 2.57. The number of methoxy groups -OCH3 is 1. The molecule has 7 heteroatoms. The number of benzene rings is 1. The monoisotopic (exact) mass is 291 g/mol. The third-order valence-electron chi connectivity index (χ3n) is 2.90. The molecule has 1 aromatic rings. The molecule has 0 aliphatic heterocycles. The zero-order valence-electron chi connectivity index (χ0n) is 11.9. The minimum Gasteiger partial charge on any atom is -0.481 e. The molecule has 0 aliphatic carbocycles. The van der Waals surface area contributed by atoms with Crippen molar-refractivity contribution in [3.63, 3.8) is 0 Å². The first-order chi connectivity index (χ1) is 9.97. The maximum Gasteiger partial charge on any atom is 0.321 e. The van der Waals surface area contributed by atoms with Crippen molar-refractivity contribution < 1.29 is 19.4 Å². The predicted molar refractivity (Wildman–Crippen MR) is 76.0 cm³/mol. The van der Waals surface area contributed by atoms with Crippen LogP contribution in [0.1, 0.15) is 12.0 Å². The lowest BCUT2D eigenvalue weighted by atomic mass is 10.2. The lowest BCUT2D eigenvalue weighted by Gasteiger charge is -2.20. The molecule has 0 fully saturated rings. The van der Waals surface area contributed by atoms with Crippen molar-refractivity contribution >= 4 is 17.7 Å². The summed E-state index contributed by atoms with van der Waals surface area (Å²) in [6.45, 7) is 0.0995. The van der Waals surface area contributed by atoms with Gasteiger partial charge >= 0.3 is 12.0 Å². The third kappa shape index (κ3) is 5.12. The number of carbonyl (C=O) groups excluding carboxylic acids is 1. The number of anilines is 1. The van der Waals surface area contributed by atoms with Crippen LogP contribution in [0.2, 0.25) is 0 Å². The van der Waals surface area contributed by atoms with E-state index >= 15 is 0 Å². The number of carboxylic acid groups (broad SMARTS) is 1. The minimum absolute atomic E-state index is 0.0995. The van der Waals surface area contributed by atoms with Crippen LogP contribution < -0.4 is 10.2 Å². The van der Waals surface area contributed by atoms with Gasteiger partial charge in [0.25, 0.3) is 0 Å². The van der Waals surface area contributed by atoms with Crippen molar-refractivity contribution in [2.24, 2.45) is 0 Å². The smallest absolute Gasteiger partial charge is 0.321 e. The van der Waals surface area contributed by atoms with E-state index in [4.69, 9.17) is 15.1 Å². The number of hydrogen-bond donors (Lipinski definition) is 2. The van der Waals surface area contributed by atoms with Crippen LogP contribution in [-0.4, -0.2) is 43.9 Å². The lowest BCUT2D eigenvalue weighted by Crippen LogP contribution is -2.42. The molecule has 1 atom stereocenters. The zero-order valence-corrected chi connectivity index (χ0v) is 11.9. The molecule has 0 spiro atoms. The quantitative estimate of drug-likeness (QED) is 0.819. The Hall–Kier alpha value is -2.59. The fraction of sp³-hybridized carbons (Fsp3) is 0.357. The average molecular weight is 291 g/mol. The summed E-state index contributed by atoms with van der Waals surface area (Å²) >= 11 is 0. The Labute approximate surface area is 122 Å². The lowest BCUT2D eigenvalue weighted by molar-refractivity contribution is -0.139. The largest absolute Gasteiger partial charge is 0.481 e. The first-order valence-corrected chi connectivity index (χ1v) is 6.24. The van der Waals surface area contributed by atoms with Gasteiger partial charge in [0.05, 0.1) is 24.2 Å². The number of rotatable bonds is 6. The van der Waals surface area contributed by atoms with Crippen LogP contribution in [0.15, 0.2) is 24.3 Å². The Morgan fingerprint density at radius 3 is 2.52 bits per heavy atom. The molecule has 0 saturated carbocycles. The predicted octanol–water partition coefficient (Wildman–Crippen LogP) is 1.19. The summed E-state index contributed by atoms with van der Waals surface area (Å²) in [6.07, 6.45) is -0.766. The number of aliphatic carboxylic acids is 1. The van der Waals surface area contributed by atoms with Gasteiger partial charge in [0, 0.05) is 26.4 Å². The van der Waals surface area contributed by atoms with Crippen molar-refractivity contribution in [1.82, 2.24) is 5.32 Å². The molecule has 0 aliphatic rings. The van der Waals surface area contributed by atoms with Crippen LogP contribution in [0.5, 0.6) is 0 Å². The number of carbonyl (C=O) groups is 2. The highest BCUT2D eigenvalue weighted by atomic mass is 16.5. The molecule has 1 unspecified atom stereocenters. The van der Waals surface area contributed by atoms with Crippen LogP contribution >= 0.6 is 0 Å². The van der Waals surface area contributed by atoms with Crippen LogP contribution in [0.25, 0.3) is 0 Å². The van der Waals surface area contributed by atoms with Gasteiger partial charge in [0.15, 0.2) is 0 Å². The molecule has 1 rings (SSSR count). The van der Waals surface area contributed by atoms with Gasteiger partial charge in [-0.15, -0.1) is 0 Å². The standard InChI is InChI=1S/C14H17N3O4/c1-17(11-5-3-10(8-15)4-6-11)14(20)16-9-12(21-2)7-13(18)19/h3-6,12H,7,9H2,1-2H3,(H,16,20)(H,18,19). The molecule has 0 bridgehead atoms. The van der Waals surface area contributed by atoms with Crippen molar-refractivity contribution in [2.45, 2.75) is 12.5 Å². The molecule has 1 aromatic carbocycles. The van der Waals surface area contributed by atoms with E-state index in [-0.39, 0.29) is 19.0 Å². The fourth-order valence-corrected chi connectivity index (χ4v) is 1.63. The number of urea groups is 1. The Morgan fingerprint density at radius 2 is 2.05 bits per heavy atom. The van der Waals surface area contributed by atoms with Crippen molar-refractivity contribution in [1.29, 1.82) is 5.26 Å². The number of carboxylic acids is 1. The summed E-state index contributed by atoms with van der Waals surface area (Å²) in [5.41, 5.74) is 1.13. The molecule has 0 heterocycles. The summed E-state index contributed by atoms with van der Waals surface area (Å²) in [5.74, 6) is -0.989. The highest BCUT2D eigenvalue weighted by Crippen LogP contribution is 2.13. The molecule has 21 heavy (non-hydrogen) atoms. The van der Waals surface area contributed by atoms with Gasteiger partial charge in [-0.05, 0) is 24.3 Å². The third-order valence-corrected chi connectivity index (χ3v) is 2.90. The van der Waals surface area contributed by atoms with Crippen molar-refractivity contribution in [3.05, 3.63) is 29.8 Å². The van der Waals surface area contributed by atoms with Gasteiger partial charge in [0.2, 0.25) is 0 Å². The molecule has 2 N–H and O–H groups in total. The summed E-state index contributed by atoms with van der Waals surface area (Å²) < 4.78 is 4.98. The fourth-order valence-electron chi connectivity index (χ4n) is 1.63. The van der Waals surface area contributed by atoms with E-state index in [1.165, 1.54) is 12.0 Å². The number of nitriles is 1. The van der Waals surface area contributed by atoms with Crippen LogP contribution in [0, 0.1) is 11.3 Å². The first-order valence-electron chi connectivity index (χ1n) is 6.24. The maximum absolute atomic E-state index is 12.0. The highest BCUT2D eigenvalue weighted by molar-refractivity contribution is 5.91. The number of ether oxygens (including phenoxy) is 1. The van der Waals surface area contributed by atoms with E-state index in [1.54, 1.807) is 31.3 Å². The molecular weight excluding hydrogens is 274 g/mol. The number of amides is 2. The van der Waals surface area contributed by atoms with Crippen LogP contribution in [0.4, 0.5) is 10.5 Å². The van der Waals surface area contributed by atoms with Gasteiger partial charge in [-0.25, -0.2) is 4.79 Å².